The molecule has 2 fully saturated rings. The molecule has 0 bridgehead atoms. The van der Waals surface area contributed by atoms with Gasteiger partial charge in [-0.2, -0.15) is 0 Å². The summed E-state index contributed by atoms with van der Waals surface area (Å²) < 4.78 is 5.20. The van der Waals surface area contributed by atoms with Crippen LogP contribution in [0.2, 0.25) is 0 Å². The third kappa shape index (κ3) is 2.33. The van der Waals surface area contributed by atoms with E-state index >= 15 is 0 Å². The maximum atomic E-state index is 12.4. The highest BCUT2D eigenvalue weighted by atomic mass is 16.4. The van der Waals surface area contributed by atoms with E-state index in [-0.39, 0.29) is 11.8 Å². The van der Waals surface area contributed by atoms with Gasteiger partial charge in [-0.3, -0.25) is 4.79 Å². The second-order valence-corrected chi connectivity index (χ2v) is 6.19. The summed E-state index contributed by atoms with van der Waals surface area (Å²) in [6.45, 7) is 1.99. The van der Waals surface area contributed by atoms with E-state index in [2.05, 4.69) is 15.5 Å². The molecule has 1 N–H and O–H groups in total. The van der Waals surface area contributed by atoms with Crippen LogP contribution < -0.4 is 5.32 Å². The van der Waals surface area contributed by atoms with Gasteiger partial charge < -0.3 is 9.73 Å². The van der Waals surface area contributed by atoms with E-state index in [1.54, 1.807) is 0 Å². The number of carbonyl (C=O) groups is 1. The molecule has 2 aromatic rings. The first-order chi connectivity index (χ1) is 10.2. The molecule has 21 heavy (non-hydrogen) atoms. The van der Waals surface area contributed by atoms with E-state index in [9.17, 15) is 4.79 Å². The third-order valence-corrected chi connectivity index (χ3v) is 4.72. The Morgan fingerprint density at radius 2 is 2.10 bits per heavy atom. The lowest BCUT2D eigenvalue weighted by Gasteiger charge is -2.14. The molecule has 0 spiro atoms. The Labute approximate surface area is 122 Å². The Morgan fingerprint density at radius 3 is 2.81 bits per heavy atom. The van der Waals surface area contributed by atoms with Crippen LogP contribution in [-0.2, 0) is 4.79 Å². The topological polar surface area (TPSA) is 68.0 Å². The van der Waals surface area contributed by atoms with Gasteiger partial charge in [-0.1, -0.05) is 6.07 Å². The number of nitrogens with one attached hydrogen (secondary N) is 1. The summed E-state index contributed by atoms with van der Waals surface area (Å²) in [5, 5.41) is 10.7. The fraction of sp³-hybridized carbons (Fsp3) is 0.438. The summed E-state index contributed by atoms with van der Waals surface area (Å²) in [6.07, 6.45) is 4.74. The molecule has 2 aliphatic rings. The maximum Gasteiger partial charge on any atom is 0.247 e. The fourth-order valence-electron chi connectivity index (χ4n) is 3.35. The van der Waals surface area contributed by atoms with E-state index in [0.717, 1.165) is 41.5 Å². The number of carbonyl (C=O) groups excluding carboxylic acids is 1. The number of anilines is 1. The quantitative estimate of drug-likeness (QED) is 0.940. The SMILES string of the molecule is Cc1ccc(-c2nnco2)cc1NC(=O)C1CC2CC2C1. The van der Waals surface area contributed by atoms with Crippen molar-refractivity contribution in [1.82, 2.24) is 10.2 Å². The van der Waals surface area contributed by atoms with E-state index in [1.165, 1.54) is 12.8 Å². The second-order valence-electron chi connectivity index (χ2n) is 6.19. The standard InChI is InChI=1S/C16H17N3O2/c1-9-2-3-10(16-19-17-8-21-16)7-14(9)18-15(20)13-5-11-4-12(11)6-13/h2-3,7-8,11-13H,4-6H2,1H3,(H,18,20). The molecule has 2 aliphatic carbocycles. The molecule has 0 radical (unpaired) electrons. The third-order valence-electron chi connectivity index (χ3n) is 4.72. The number of hydrogen-bond acceptors (Lipinski definition) is 4. The zero-order valence-corrected chi connectivity index (χ0v) is 11.9. The largest absolute Gasteiger partial charge is 0.423 e. The Bertz CT molecular complexity index is 671. The average molecular weight is 283 g/mol. The molecule has 2 atom stereocenters. The van der Waals surface area contributed by atoms with Gasteiger partial charge in [-0.25, -0.2) is 0 Å². The van der Waals surface area contributed by atoms with Crippen molar-refractivity contribution >= 4 is 11.6 Å². The summed E-state index contributed by atoms with van der Waals surface area (Å²) in [7, 11) is 0. The van der Waals surface area contributed by atoms with Crippen LogP contribution in [0.15, 0.2) is 29.0 Å². The molecule has 1 heterocycles. The van der Waals surface area contributed by atoms with Crippen molar-refractivity contribution in [3.8, 4) is 11.5 Å². The number of fused-ring (bicyclic) bond motifs is 1. The van der Waals surface area contributed by atoms with Gasteiger partial charge in [0.05, 0.1) is 0 Å². The van der Waals surface area contributed by atoms with Gasteiger partial charge in [-0.05, 0) is 55.7 Å². The number of benzene rings is 1. The van der Waals surface area contributed by atoms with Gasteiger partial charge >= 0.3 is 0 Å². The predicted octanol–water partition coefficient (Wildman–Crippen LogP) is 3.03. The number of hydrogen-bond donors (Lipinski definition) is 1. The first kappa shape index (κ1) is 12.6. The Morgan fingerprint density at radius 1 is 1.29 bits per heavy atom. The lowest BCUT2D eigenvalue weighted by molar-refractivity contribution is -0.120. The molecule has 4 rings (SSSR count). The van der Waals surface area contributed by atoms with Crippen molar-refractivity contribution in [2.75, 3.05) is 5.32 Å². The van der Waals surface area contributed by atoms with Crippen LogP contribution in [0.25, 0.3) is 11.5 Å². The maximum absolute atomic E-state index is 12.4. The van der Waals surface area contributed by atoms with Gasteiger partial charge in [0.15, 0.2) is 0 Å². The minimum atomic E-state index is 0.146. The highest BCUT2D eigenvalue weighted by Gasteiger charge is 2.48. The molecule has 1 aromatic carbocycles. The van der Waals surface area contributed by atoms with Gasteiger partial charge in [0.2, 0.25) is 18.2 Å². The lowest BCUT2D eigenvalue weighted by Crippen LogP contribution is -2.22. The van der Waals surface area contributed by atoms with Gasteiger partial charge in [0.1, 0.15) is 0 Å². The first-order valence-electron chi connectivity index (χ1n) is 7.39. The highest BCUT2D eigenvalue weighted by molar-refractivity contribution is 5.94. The van der Waals surface area contributed by atoms with Crippen LogP contribution in [0.3, 0.4) is 0 Å². The average Bonchev–Trinajstić information content (AvgIpc) is 2.94. The number of aryl methyl sites for hydroxylation is 1. The van der Waals surface area contributed by atoms with E-state index < -0.39 is 0 Å². The van der Waals surface area contributed by atoms with Crippen LogP contribution in [0.5, 0.6) is 0 Å². The van der Waals surface area contributed by atoms with Crippen LogP contribution >= 0.6 is 0 Å². The summed E-state index contributed by atoms with van der Waals surface area (Å²) in [5.74, 6) is 2.42. The van der Waals surface area contributed by atoms with Crippen molar-refractivity contribution in [3.05, 3.63) is 30.2 Å². The number of rotatable bonds is 3. The van der Waals surface area contributed by atoms with Crippen molar-refractivity contribution in [2.45, 2.75) is 26.2 Å². The molecule has 2 saturated carbocycles. The van der Waals surface area contributed by atoms with Crippen molar-refractivity contribution in [1.29, 1.82) is 0 Å². The summed E-state index contributed by atoms with van der Waals surface area (Å²) in [6, 6.07) is 5.78. The fourth-order valence-corrected chi connectivity index (χ4v) is 3.35. The first-order valence-corrected chi connectivity index (χ1v) is 7.39. The Balaban J connectivity index is 1.53. The lowest BCUT2D eigenvalue weighted by atomic mass is 10.0. The molecule has 1 amide bonds. The van der Waals surface area contributed by atoms with Crippen LogP contribution in [0, 0.1) is 24.7 Å². The molecular weight excluding hydrogens is 266 g/mol. The van der Waals surface area contributed by atoms with E-state index in [0.29, 0.717) is 5.89 Å². The summed E-state index contributed by atoms with van der Waals surface area (Å²) in [5.41, 5.74) is 2.69. The van der Waals surface area contributed by atoms with E-state index in [4.69, 9.17) is 4.42 Å². The predicted molar refractivity (Wildman–Crippen MR) is 77.4 cm³/mol. The second kappa shape index (κ2) is 4.69. The van der Waals surface area contributed by atoms with Crippen molar-refractivity contribution < 1.29 is 9.21 Å². The Kier molecular flexibility index (Phi) is 2.80. The van der Waals surface area contributed by atoms with Crippen molar-refractivity contribution in [3.63, 3.8) is 0 Å². The molecule has 5 nitrogen and oxygen atoms in total. The molecule has 5 heteroatoms. The molecule has 2 unspecified atom stereocenters. The zero-order chi connectivity index (χ0) is 14.4. The molecule has 0 saturated heterocycles. The smallest absolute Gasteiger partial charge is 0.247 e. The van der Waals surface area contributed by atoms with Crippen LogP contribution in [0.1, 0.15) is 24.8 Å². The molecular formula is C16H17N3O2. The minimum absolute atomic E-state index is 0.146. The van der Waals surface area contributed by atoms with Crippen LogP contribution in [0.4, 0.5) is 5.69 Å². The van der Waals surface area contributed by atoms with Crippen LogP contribution in [-0.4, -0.2) is 16.1 Å². The zero-order valence-electron chi connectivity index (χ0n) is 11.9. The van der Waals surface area contributed by atoms with Gasteiger partial charge in [0.25, 0.3) is 0 Å². The van der Waals surface area contributed by atoms with E-state index in [1.807, 2.05) is 25.1 Å². The van der Waals surface area contributed by atoms with Gasteiger partial charge in [0, 0.05) is 17.2 Å². The molecule has 0 aliphatic heterocycles. The Hall–Kier alpha value is -2.17. The number of nitrogens with zero attached hydrogens (tertiary/aromatic N) is 2. The summed E-state index contributed by atoms with van der Waals surface area (Å²) >= 11 is 0. The normalized spacial score (nSPS) is 26.4. The monoisotopic (exact) mass is 283 g/mol. The molecule has 108 valence electrons. The minimum Gasteiger partial charge on any atom is -0.423 e. The molecule has 1 aromatic heterocycles. The number of amides is 1. The number of aromatic nitrogens is 2. The van der Waals surface area contributed by atoms with Crippen molar-refractivity contribution in [2.24, 2.45) is 17.8 Å². The summed E-state index contributed by atoms with van der Waals surface area (Å²) in [4.78, 5) is 12.4. The van der Waals surface area contributed by atoms with Gasteiger partial charge in [-0.15, -0.1) is 10.2 Å². The highest BCUT2D eigenvalue weighted by Crippen LogP contribution is 2.54.